The van der Waals surface area contributed by atoms with Crippen molar-refractivity contribution in [3.05, 3.63) is 66.0 Å². The molecule has 0 aliphatic carbocycles. The number of esters is 1. The number of nitrogens with zero attached hydrogens (tertiary/aromatic N) is 2. The summed E-state index contributed by atoms with van der Waals surface area (Å²) in [5.74, 6) is -0.938. The number of fused-ring (bicyclic) bond motifs is 1. The van der Waals surface area contributed by atoms with Crippen LogP contribution in [0.4, 0.5) is 0 Å². The molecule has 3 rings (SSSR count). The highest BCUT2D eigenvalue weighted by Crippen LogP contribution is 2.15. The molecule has 0 spiro atoms. The predicted octanol–water partition coefficient (Wildman–Crippen LogP) is 2.21. The summed E-state index contributed by atoms with van der Waals surface area (Å²) in [7, 11) is 1.27. The summed E-state index contributed by atoms with van der Waals surface area (Å²) >= 11 is 0. The summed E-state index contributed by atoms with van der Waals surface area (Å²) in [4.78, 5) is 28.4. The third-order valence-electron chi connectivity index (χ3n) is 3.18. The molecule has 0 radical (unpaired) electrons. The number of aromatic nitrogens is 2. The van der Waals surface area contributed by atoms with Crippen molar-refractivity contribution in [1.82, 2.24) is 9.66 Å². The molecular weight excluding hydrogens is 282 g/mol. The van der Waals surface area contributed by atoms with Gasteiger partial charge in [-0.25, -0.2) is 14.5 Å². The Morgan fingerprint density at radius 3 is 2.45 bits per heavy atom. The van der Waals surface area contributed by atoms with Crippen LogP contribution in [0.2, 0.25) is 0 Å². The number of methoxy groups -OCH3 is 1. The molecule has 0 unspecified atom stereocenters. The Morgan fingerprint density at radius 2 is 1.73 bits per heavy atom. The van der Waals surface area contributed by atoms with Gasteiger partial charge < -0.3 is 4.74 Å². The van der Waals surface area contributed by atoms with Gasteiger partial charge in [0.05, 0.1) is 18.1 Å². The van der Waals surface area contributed by atoms with E-state index in [-0.39, 0.29) is 11.7 Å². The van der Waals surface area contributed by atoms with Gasteiger partial charge in [-0.1, -0.05) is 30.3 Å². The van der Waals surface area contributed by atoms with Crippen molar-refractivity contribution >= 4 is 22.9 Å². The molecule has 1 aromatic heterocycles. The van der Waals surface area contributed by atoms with Crippen LogP contribution in [-0.2, 0) is 4.74 Å². The second kappa shape index (κ2) is 5.69. The number of rotatable bonds is 3. The first-order valence-electron chi connectivity index (χ1n) is 6.63. The molecule has 6 nitrogen and oxygen atoms in total. The van der Waals surface area contributed by atoms with Crippen LogP contribution in [0.5, 0.6) is 0 Å². The fourth-order valence-electron chi connectivity index (χ4n) is 2.12. The van der Waals surface area contributed by atoms with E-state index in [0.29, 0.717) is 16.6 Å². The van der Waals surface area contributed by atoms with Crippen molar-refractivity contribution in [1.29, 1.82) is 0 Å². The first-order chi connectivity index (χ1) is 10.7. The summed E-state index contributed by atoms with van der Waals surface area (Å²) in [6.07, 6.45) is 0. The minimum atomic E-state index is -0.621. The number of benzene rings is 2. The average molecular weight is 295 g/mol. The maximum Gasteiger partial charge on any atom is 0.376 e. The lowest BCUT2D eigenvalue weighted by atomic mass is 10.2. The molecule has 6 heteroatoms. The zero-order valence-corrected chi connectivity index (χ0v) is 11.8. The number of ether oxygens (including phenoxy) is 1. The molecule has 0 saturated carbocycles. The van der Waals surface area contributed by atoms with E-state index in [2.05, 4.69) is 10.4 Å². The fraction of sp³-hybridized carbons (Fsp3) is 0.0625. The average Bonchev–Trinajstić information content (AvgIpc) is 2.93. The van der Waals surface area contributed by atoms with E-state index in [9.17, 15) is 9.59 Å². The Hall–Kier alpha value is -3.15. The van der Waals surface area contributed by atoms with Gasteiger partial charge >= 0.3 is 5.97 Å². The van der Waals surface area contributed by atoms with Crippen molar-refractivity contribution in [2.24, 2.45) is 0 Å². The molecule has 1 heterocycles. The van der Waals surface area contributed by atoms with Gasteiger partial charge in [-0.2, -0.15) is 0 Å². The molecule has 22 heavy (non-hydrogen) atoms. The van der Waals surface area contributed by atoms with E-state index in [0.717, 1.165) is 0 Å². The van der Waals surface area contributed by atoms with Crippen LogP contribution in [-0.4, -0.2) is 28.6 Å². The fourth-order valence-corrected chi connectivity index (χ4v) is 2.12. The number of hydrogen-bond donors (Lipinski definition) is 1. The van der Waals surface area contributed by atoms with Crippen molar-refractivity contribution in [3.8, 4) is 0 Å². The van der Waals surface area contributed by atoms with Crippen LogP contribution in [0.3, 0.4) is 0 Å². The molecule has 2 aromatic carbocycles. The number of amides is 1. The van der Waals surface area contributed by atoms with Gasteiger partial charge in [-0.15, -0.1) is 0 Å². The largest absolute Gasteiger partial charge is 0.463 e. The SMILES string of the molecule is COC(=O)c1nc2ccccc2n1NC(=O)c1ccccc1. The summed E-state index contributed by atoms with van der Waals surface area (Å²) in [6.45, 7) is 0. The molecule has 0 atom stereocenters. The predicted molar refractivity (Wildman–Crippen MR) is 81.2 cm³/mol. The summed E-state index contributed by atoms with van der Waals surface area (Å²) < 4.78 is 6.06. The Kier molecular flexibility index (Phi) is 3.57. The second-order valence-electron chi connectivity index (χ2n) is 4.56. The van der Waals surface area contributed by atoms with Crippen molar-refractivity contribution in [3.63, 3.8) is 0 Å². The van der Waals surface area contributed by atoms with Gasteiger partial charge in [0.25, 0.3) is 5.91 Å². The van der Waals surface area contributed by atoms with Gasteiger partial charge in [0.1, 0.15) is 0 Å². The Balaban J connectivity index is 2.05. The zero-order valence-electron chi connectivity index (χ0n) is 11.8. The van der Waals surface area contributed by atoms with Crippen LogP contribution < -0.4 is 5.43 Å². The van der Waals surface area contributed by atoms with Crippen LogP contribution >= 0.6 is 0 Å². The van der Waals surface area contributed by atoms with Gasteiger partial charge in [0.2, 0.25) is 5.82 Å². The highest BCUT2D eigenvalue weighted by atomic mass is 16.5. The molecule has 110 valence electrons. The molecule has 0 aliphatic heterocycles. The molecule has 3 aromatic rings. The summed E-state index contributed by atoms with van der Waals surface area (Å²) in [5.41, 5.74) is 4.37. The van der Waals surface area contributed by atoms with E-state index in [1.54, 1.807) is 48.5 Å². The number of hydrogen-bond acceptors (Lipinski definition) is 4. The molecule has 0 fully saturated rings. The molecule has 0 aliphatic rings. The minimum absolute atomic E-state index is 0.0213. The minimum Gasteiger partial charge on any atom is -0.463 e. The summed E-state index contributed by atoms with van der Waals surface area (Å²) in [5, 5.41) is 0. The molecule has 0 bridgehead atoms. The topological polar surface area (TPSA) is 73.2 Å². The maximum absolute atomic E-state index is 12.3. The smallest absolute Gasteiger partial charge is 0.376 e. The Labute approximate surface area is 126 Å². The van der Waals surface area contributed by atoms with Gasteiger partial charge in [-0.05, 0) is 24.3 Å². The lowest BCUT2D eigenvalue weighted by Crippen LogP contribution is -2.26. The van der Waals surface area contributed by atoms with Crippen LogP contribution in [0.25, 0.3) is 11.0 Å². The lowest BCUT2D eigenvalue weighted by Gasteiger charge is -2.09. The monoisotopic (exact) mass is 295 g/mol. The van der Waals surface area contributed by atoms with E-state index in [1.807, 2.05) is 6.07 Å². The zero-order chi connectivity index (χ0) is 15.5. The van der Waals surface area contributed by atoms with E-state index in [4.69, 9.17) is 4.74 Å². The lowest BCUT2D eigenvalue weighted by molar-refractivity contribution is 0.0584. The van der Waals surface area contributed by atoms with Crippen molar-refractivity contribution in [2.75, 3.05) is 12.5 Å². The standard InChI is InChI=1S/C16H13N3O3/c1-22-16(21)14-17-12-9-5-6-10-13(12)19(14)18-15(20)11-7-3-2-4-8-11/h2-10H,1H3,(H,18,20). The normalized spacial score (nSPS) is 10.4. The number of imidazole rings is 1. The number of carbonyl (C=O) groups is 2. The Morgan fingerprint density at radius 1 is 1.05 bits per heavy atom. The molecular formula is C16H13N3O3. The Bertz CT molecular complexity index is 840. The van der Waals surface area contributed by atoms with Gasteiger partial charge in [0.15, 0.2) is 0 Å². The van der Waals surface area contributed by atoms with E-state index < -0.39 is 5.97 Å². The highest BCUT2D eigenvalue weighted by molar-refractivity contribution is 6.02. The van der Waals surface area contributed by atoms with Crippen LogP contribution in [0, 0.1) is 0 Å². The van der Waals surface area contributed by atoms with Gasteiger partial charge in [-0.3, -0.25) is 10.2 Å². The molecule has 0 saturated heterocycles. The second-order valence-corrected chi connectivity index (χ2v) is 4.56. The third kappa shape index (κ3) is 2.42. The van der Waals surface area contributed by atoms with Crippen molar-refractivity contribution in [2.45, 2.75) is 0 Å². The first-order valence-corrected chi connectivity index (χ1v) is 6.63. The number of para-hydroxylation sites is 2. The summed E-state index contributed by atoms with van der Waals surface area (Å²) in [6, 6.07) is 15.9. The molecule has 1 N–H and O–H groups in total. The number of nitrogens with one attached hydrogen (secondary N) is 1. The van der Waals surface area contributed by atoms with E-state index >= 15 is 0 Å². The third-order valence-corrected chi connectivity index (χ3v) is 3.18. The quantitative estimate of drug-likeness (QED) is 0.752. The maximum atomic E-state index is 12.3. The van der Waals surface area contributed by atoms with Crippen molar-refractivity contribution < 1.29 is 14.3 Å². The first kappa shape index (κ1) is 13.8. The van der Waals surface area contributed by atoms with Crippen LogP contribution in [0.15, 0.2) is 54.6 Å². The number of carbonyl (C=O) groups excluding carboxylic acids is 2. The van der Waals surface area contributed by atoms with E-state index in [1.165, 1.54) is 11.8 Å². The van der Waals surface area contributed by atoms with Crippen LogP contribution in [0.1, 0.15) is 21.0 Å². The van der Waals surface area contributed by atoms with Gasteiger partial charge in [0, 0.05) is 5.56 Å². The molecule has 1 amide bonds. The highest BCUT2D eigenvalue weighted by Gasteiger charge is 2.19.